The third-order valence-electron chi connectivity index (χ3n) is 6.84. The number of anilines is 2. The van der Waals surface area contributed by atoms with Gasteiger partial charge in [-0.15, -0.1) is 0 Å². The quantitative estimate of drug-likeness (QED) is 0.453. The Morgan fingerprint density at radius 3 is 2.59 bits per heavy atom. The number of carbonyl (C=O) groups is 1. The summed E-state index contributed by atoms with van der Waals surface area (Å²) in [5.74, 6) is 0.970. The standard InChI is InChI=1S/C27H28N6O/c1-17-15-20(10-11-23(17)32-13-5-6-14-32)29-27(34)21-16-22(19-8-9-19)30-26-25(21)18(2)31-33(26)24-7-3-4-12-28-24/h3-4,7,10-12,15-16,19H,5-6,8-9,13-14H2,1-2H3,(H,29,34). The van der Waals surface area contributed by atoms with Gasteiger partial charge >= 0.3 is 0 Å². The molecule has 7 nitrogen and oxygen atoms in total. The molecule has 3 aromatic heterocycles. The average Bonchev–Trinajstić information content (AvgIpc) is 3.46. The van der Waals surface area contributed by atoms with Crippen LogP contribution in [0.5, 0.6) is 0 Å². The summed E-state index contributed by atoms with van der Waals surface area (Å²) < 4.78 is 1.75. The fourth-order valence-electron chi connectivity index (χ4n) is 4.96. The van der Waals surface area contributed by atoms with Crippen LogP contribution in [0.2, 0.25) is 0 Å². The van der Waals surface area contributed by atoms with Crippen LogP contribution in [0.15, 0.2) is 48.7 Å². The van der Waals surface area contributed by atoms with E-state index in [2.05, 4.69) is 34.3 Å². The Labute approximate surface area is 198 Å². The van der Waals surface area contributed by atoms with E-state index in [1.54, 1.807) is 10.9 Å². The summed E-state index contributed by atoms with van der Waals surface area (Å²) in [6, 6.07) is 13.9. The largest absolute Gasteiger partial charge is 0.371 e. The highest BCUT2D eigenvalue weighted by Crippen LogP contribution is 2.41. The van der Waals surface area contributed by atoms with Gasteiger partial charge in [-0.1, -0.05) is 6.07 Å². The number of nitrogens with one attached hydrogen (secondary N) is 1. The lowest BCUT2D eigenvalue weighted by Gasteiger charge is -2.20. The lowest BCUT2D eigenvalue weighted by molar-refractivity contribution is 0.102. The van der Waals surface area contributed by atoms with Crippen LogP contribution in [0.1, 0.15) is 58.9 Å². The van der Waals surface area contributed by atoms with Crippen LogP contribution in [0, 0.1) is 13.8 Å². The molecule has 0 spiro atoms. The number of aromatic nitrogens is 4. The minimum absolute atomic E-state index is 0.133. The number of rotatable bonds is 5. The minimum Gasteiger partial charge on any atom is -0.371 e. The summed E-state index contributed by atoms with van der Waals surface area (Å²) in [4.78, 5) is 25.4. The Hall–Kier alpha value is -3.74. The van der Waals surface area contributed by atoms with Crippen LogP contribution in [-0.4, -0.2) is 38.7 Å². The van der Waals surface area contributed by atoms with E-state index in [0.29, 0.717) is 22.9 Å². The first-order valence-corrected chi connectivity index (χ1v) is 12.1. The normalized spacial score (nSPS) is 15.8. The van der Waals surface area contributed by atoms with Gasteiger partial charge in [-0.05, 0) is 81.5 Å². The first kappa shape index (κ1) is 20.8. The maximum Gasteiger partial charge on any atom is 0.256 e. The van der Waals surface area contributed by atoms with Crippen LogP contribution in [0.3, 0.4) is 0 Å². The molecule has 1 saturated heterocycles. The van der Waals surface area contributed by atoms with Crippen LogP contribution in [0.4, 0.5) is 11.4 Å². The van der Waals surface area contributed by atoms with E-state index in [0.717, 1.165) is 48.4 Å². The molecule has 2 fully saturated rings. The molecule has 1 aromatic carbocycles. The highest BCUT2D eigenvalue weighted by atomic mass is 16.1. The van der Waals surface area contributed by atoms with Crippen molar-refractivity contribution in [2.75, 3.05) is 23.3 Å². The molecule has 4 aromatic rings. The van der Waals surface area contributed by atoms with E-state index in [9.17, 15) is 4.79 Å². The van der Waals surface area contributed by atoms with Crippen molar-refractivity contribution < 1.29 is 4.79 Å². The second kappa shape index (κ2) is 8.24. The fourth-order valence-corrected chi connectivity index (χ4v) is 4.96. The maximum atomic E-state index is 13.6. The Morgan fingerprint density at radius 2 is 1.88 bits per heavy atom. The van der Waals surface area contributed by atoms with Crippen LogP contribution in [0.25, 0.3) is 16.9 Å². The number of benzene rings is 1. The summed E-state index contributed by atoms with van der Waals surface area (Å²) in [5, 5.41) is 8.62. The maximum absolute atomic E-state index is 13.6. The second-order valence-corrected chi connectivity index (χ2v) is 9.40. The molecule has 1 saturated carbocycles. The molecular formula is C27H28N6O. The molecule has 1 aliphatic carbocycles. The fraction of sp³-hybridized carbons (Fsp3) is 0.333. The SMILES string of the molecule is Cc1cc(NC(=O)c2cc(C3CC3)nc3c2c(C)nn3-c2ccccn2)ccc1N1CCCC1. The van der Waals surface area contributed by atoms with E-state index < -0.39 is 0 Å². The zero-order valence-electron chi connectivity index (χ0n) is 19.6. The van der Waals surface area contributed by atoms with Crippen molar-refractivity contribution >= 4 is 28.3 Å². The van der Waals surface area contributed by atoms with Crippen molar-refractivity contribution in [3.63, 3.8) is 0 Å². The van der Waals surface area contributed by atoms with E-state index >= 15 is 0 Å². The highest BCUT2D eigenvalue weighted by Gasteiger charge is 2.29. The Kier molecular flexibility index (Phi) is 5.05. The Bertz CT molecular complexity index is 1380. The molecule has 0 atom stereocenters. The number of pyridine rings is 2. The molecule has 0 bridgehead atoms. The van der Waals surface area contributed by atoms with Gasteiger partial charge in [0.15, 0.2) is 11.5 Å². The first-order valence-electron chi connectivity index (χ1n) is 12.1. The Morgan fingerprint density at radius 1 is 1.06 bits per heavy atom. The lowest BCUT2D eigenvalue weighted by atomic mass is 10.1. The van der Waals surface area contributed by atoms with Gasteiger partial charge in [0.2, 0.25) is 0 Å². The number of carbonyl (C=O) groups excluding carboxylic acids is 1. The van der Waals surface area contributed by atoms with Gasteiger partial charge in [-0.3, -0.25) is 4.79 Å². The summed E-state index contributed by atoms with van der Waals surface area (Å²) >= 11 is 0. The highest BCUT2D eigenvalue weighted by molar-refractivity contribution is 6.13. The Balaban J connectivity index is 1.39. The predicted molar refractivity (Wildman–Crippen MR) is 134 cm³/mol. The van der Waals surface area contributed by atoms with Crippen molar-refractivity contribution in [3.8, 4) is 5.82 Å². The lowest BCUT2D eigenvalue weighted by Crippen LogP contribution is -2.19. The summed E-state index contributed by atoms with van der Waals surface area (Å²) in [6.45, 7) is 6.24. The molecule has 172 valence electrons. The van der Waals surface area contributed by atoms with Crippen molar-refractivity contribution in [2.45, 2.75) is 45.4 Å². The van der Waals surface area contributed by atoms with Crippen LogP contribution >= 0.6 is 0 Å². The number of aryl methyl sites for hydroxylation is 2. The molecule has 1 N–H and O–H groups in total. The van der Waals surface area contributed by atoms with Crippen LogP contribution < -0.4 is 10.2 Å². The molecule has 4 heterocycles. The third-order valence-corrected chi connectivity index (χ3v) is 6.84. The minimum atomic E-state index is -0.133. The second-order valence-electron chi connectivity index (χ2n) is 9.40. The molecule has 34 heavy (non-hydrogen) atoms. The summed E-state index contributed by atoms with van der Waals surface area (Å²) in [6.07, 6.45) is 6.43. The summed E-state index contributed by atoms with van der Waals surface area (Å²) in [7, 11) is 0. The van der Waals surface area contributed by atoms with Crippen LogP contribution in [-0.2, 0) is 0 Å². The number of hydrogen-bond donors (Lipinski definition) is 1. The smallest absolute Gasteiger partial charge is 0.256 e. The molecule has 0 radical (unpaired) electrons. The number of nitrogens with zero attached hydrogens (tertiary/aromatic N) is 5. The van der Waals surface area contributed by atoms with Gasteiger partial charge in [0.05, 0.1) is 16.6 Å². The van der Waals surface area contributed by atoms with E-state index in [1.165, 1.54) is 24.1 Å². The molecule has 2 aliphatic rings. The molecule has 1 amide bonds. The third kappa shape index (κ3) is 3.71. The average molecular weight is 453 g/mol. The van der Waals surface area contributed by atoms with Gasteiger partial charge < -0.3 is 10.2 Å². The van der Waals surface area contributed by atoms with Crippen molar-refractivity contribution in [1.29, 1.82) is 0 Å². The summed E-state index contributed by atoms with van der Waals surface area (Å²) in [5.41, 5.74) is 6.26. The molecule has 0 unspecified atom stereocenters. The van der Waals surface area contributed by atoms with Gasteiger partial charge in [0, 0.05) is 42.3 Å². The van der Waals surface area contributed by atoms with Gasteiger partial charge in [-0.25, -0.2) is 9.97 Å². The van der Waals surface area contributed by atoms with Gasteiger partial charge in [-0.2, -0.15) is 9.78 Å². The topological polar surface area (TPSA) is 75.9 Å². The zero-order valence-corrected chi connectivity index (χ0v) is 19.6. The molecule has 6 rings (SSSR count). The van der Waals surface area contributed by atoms with Crippen molar-refractivity contribution in [1.82, 2.24) is 19.7 Å². The number of hydrogen-bond acceptors (Lipinski definition) is 5. The zero-order chi connectivity index (χ0) is 23.2. The van der Waals surface area contributed by atoms with Crippen molar-refractivity contribution in [2.24, 2.45) is 0 Å². The van der Waals surface area contributed by atoms with E-state index in [4.69, 9.17) is 10.1 Å². The van der Waals surface area contributed by atoms with E-state index in [-0.39, 0.29) is 5.91 Å². The van der Waals surface area contributed by atoms with Gasteiger partial charge in [0.25, 0.3) is 5.91 Å². The van der Waals surface area contributed by atoms with Gasteiger partial charge in [0.1, 0.15) is 0 Å². The van der Waals surface area contributed by atoms with E-state index in [1.807, 2.05) is 37.3 Å². The molecule has 1 aliphatic heterocycles. The molecule has 7 heteroatoms. The first-order chi connectivity index (χ1) is 16.6. The number of amides is 1. The predicted octanol–water partition coefficient (Wildman–Crippen LogP) is 5.16. The monoisotopic (exact) mass is 452 g/mol. The number of fused-ring (bicyclic) bond motifs is 1. The molecular weight excluding hydrogens is 424 g/mol. The van der Waals surface area contributed by atoms with Crippen molar-refractivity contribution in [3.05, 3.63) is 71.2 Å².